The normalized spacial score (nSPS) is 16.6. The van der Waals surface area contributed by atoms with Crippen LogP contribution >= 0.6 is 0 Å². The standard InChI is InChI=1S/C16H14N4O/c21-16-19-10-9-18-15(19)14-13(7-4-8-17-14)20(16)11-12-5-2-1-3-6-12/h1-8H,9-11H2. The molecule has 21 heavy (non-hydrogen) atoms. The molecular weight excluding hydrogens is 264 g/mol. The van der Waals surface area contributed by atoms with E-state index in [-0.39, 0.29) is 6.03 Å². The van der Waals surface area contributed by atoms with E-state index >= 15 is 0 Å². The van der Waals surface area contributed by atoms with Crippen molar-refractivity contribution in [3.05, 3.63) is 59.9 Å². The Morgan fingerprint density at radius 3 is 2.81 bits per heavy atom. The second kappa shape index (κ2) is 4.70. The maximum absolute atomic E-state index is 12.7. The summed E-state index contributed by atoms with van der Waals surface area (Å²) in [6.45, 7) is 1.83. The molecular formula is C16H14N4O. The van der Waals surface area contributed by atoms with Gasteiger partial charge in [0.15, 0.2) is 5.84 Å². The molecule has 0 unspecified atom stereocenters. The number of carbonyl (C=O) groups excluding carboxylic acids is 1. The molecule has 3 heterocycles. The van der Waals surface area contributed by atoms with E-state index in [1.165, 1.54) is 0 Å². The average molecular weight is 278 g/mol. The lowest BCUT2D eigenvalue weighted by Crippen LogP contribution is -2.49. The van der Waals surface area contributed by atoms with Crippen LogP contribution in [0.4, 0.5) is 10.5 Å². The first-order valence-electron chi connectivity index (χ1n) is 6.97. The molecule has 0 spiro atoms. The lowest BCUT2D eigenvalue weighted by atomic mass is 10.1. The number of rotatable bonds is 2. The van der Waals surface area contributed by atoms with Crippen LogP contribution in [0.5, 0.6) is 0 Å². The number of anilines is 1. The van der Waals surface area contributed by atoms with Crippen molar-refractivity contribution in [2.45, 2.75) is 6.54 Å². The molecule has 4 rings (SSSR count). The summed E-state index contributed by atoms with van der Waals surface area (Å²) in [5.41, 5.74) is 2.73. The number of urea groups is 1. The summed E-state index contributed by atoms with van der Waals surface area (Å²) in [4.78, 5) is 25.1. The number of amides is 2. The van der Waals surface area contributed by atoms with Crippen molar-refractivity contribution in [1.82, 2.24) is 9.88 Å². The second-order valence-electron chi connectivity index (χ2n) is 5.08. The van der Waals surface area contributed by atoms with Crippen LogP contribution < -0.4 is 4.90 Å². The number of benzene rings is 1. The van der Waals surface area contributed by atoms with Crippen LogP contribution in [0.25, 0.3) is 0 Å². The van der Waals surface area contributed by atoms with Gasteiger partial charge in [0.1, 0.15) is 5.69 Å². The van der Waals surface area contributed by atoms with Crippen molar-refractivity contribution in [2.24, 2.45) is 4.99 Å². The van der Waals surface area contributed by atoms with E-state index in [0.717, 1.165) is 16.9 Å². The molecule has 0 saturated heterocycles. The number of pyridine rings is 1. The molecule has 0 N–H and O–H groups in total. The summed E-state index contributed by atoms with van der Waals surface area (Å²) in [6, 6.07) is 13.8. The predicted molar refractivity (Wildman–Crippen MR) is 80.4 cm³/mol. The second-order valence-corrected chi connectivity index (χ2v) is 5.08. The maximum Gasteiger partial charge on any atom is 0.330 e. The summed E-state index contributed by atoms with van der Waals surface area (Å²) in [5, 5.41) is 0. The Kier molecular flexibility index (Phi) is 2.70. The Morgan fingerprint density at radius 1 is 1.10 bits per heavy atom. The molecule has 5 heteroatoms. The third-order valence-electron chi connectivity index (χ3n) is 3.78. The minimum atomic E-state index is -0.0180. The SMILES string of the molecule is O=C1N2CCN=C2c2ncccc2N1Cc1ccccc1. The number of hydrogen-bond donors (Lipinski definition) is 0. The molecule has 2 aliphatic heterocycles. The molecule has 0 atom stereocenters. The fourth-order valence-electron chi connectivity index (χ4n) is 2.79. The van der Waals surface area contributed by atoms with Crippen LogP contribution in [0.15, 0.2) is 53.7 Å². The summed E-state index contributed by atoms with van der Waals surface area (Å²) < 4.78 is 0. The Morgan fingerprint density at radius 2 is 1.95 bits per heavy atom. The number of aliphatic imine (C=N–C) groups is 1. The van der Waals surface area contributed by atoms with E-state index in [2.05, 4.69) is 9.98 Å². The fourth-order valence-corrected chi connectivity index (χ4v) is 2.79. The highest BCUT2D eigenvalue weighted by atomic mass is 16.2. The molecule has 2 aromatic rings. The van der Waals surface area contributed by atoms with Crippen LogP contribution in [-0.2, 0) is 6.54 Å². The van der Waals surface area contributed by atoms with Gasteiger partial charge in [0.2, 0.25) is 0 Å². The highest BCUT2D eigenvalue weighted by Gasteiger charge is 2.37. The summed E-state index contributed by atoms with van der Waals surface area (Å²) in [5.74, 6) is 0.708. The first-order valence-corrected chi connectivity index (χ1v) is 6.97. The van der Waals surface area contributed by atoms with Crippen LogP contribution in [0.1, 0.15) is 11.3 Å². The van der Waals surface area contributed by atoms with E-state index in [0.29, 0.717) is 25.5 Å². The van der Waals surface area contributed by atoms with E-state index in [1.54, 1.807) is 16.0 Å². The minimum absolute atomic E-state index is 0.0180. The molecule has 0 saturated carbocycles. The summed E-state index contributed by atoms with van der Waals surface area (Å²) in [7, 11) is 0. The smallest absolute Gasteiger partial charge is 0.287 e. The number of aromatic nitrogens is 1. The summed E-state index contributed by atoms with van der Waals surface area (Å²) >= 11 is 0. The molecule has 1 aromatic heterocycles. The number of fused-ring (bicyclic) bond motifs is 3. The van der Waals surface area contributed by atoms with Gasteiger partial charge in [-0.25, -0.2) is 4.79 Å². The van der Waals surface area contributed by atoms with Crippen molar-refractivity contribution in [3.63, 3.8) is 0 Å². The number of nitrogens with zero attached hydrogens (tertiary/aromatic N) is 4. The summed E-state index contributed by atoms with van der Waals surface area (Å²) in [6.07, 6.45) is 1.74. The van der Waals surface area contributed by atoms with Gasteiger partial charge < -0.3 is 0 Å². The minimum Gasteiger partial charge on any atom is -0.287 e. The zero-order chi connectivity index (χ0) is 14.2. The van der Waals surface area contributed by atoms with Gasteiger partial charge >= 0.3 is 6.03 Å². The maximum atomic E-state index is 12.7. The fraction of sp³-hybridized carbons (Fsp3) is 0.188. The molecule has 104 valence electrons. The molecule has 1 aromatic carbocycles. The van der Waals surface area contributed by atoms with Gasteiger partial charge in [-0.2, -0.15) is 0 Å². The highest BCUT2D eigenvalue weighted by Crippen LogP contribution is 2.30. The lowest BCUT2D eigenvalue weighted by molar-refractivity contribution is 0.228. The van der Waals surface area contributed by atoms with Crippen LogP contribution in [0.2, 0.25) is 0 Å². The average Bonchev–Trinajstić information content (AvgIpc) is 3.02. The lowest BCUT2D eigenvalue weighted by Gasteiger charge is -2.34. The Hall–Kier alpha value is -2.69. The van der Waals surface area contributed by atoms with Crippen molar-refractivity contribution in [1.29, 1.82) is 0 Å². The predicted octanol–water partition coefficient (Wildman–Crippen LogP) is 2.28. The van der Waals surface area contributed by atoms with Gasteiger partial charge in [-0.1, -0.05) is 30.3 Å². The Bertz CT molecular complexity index is 726. The largest absolute Gasteiger partial charge is 0.330 e. The van der Waals surface area contributed by atoms with Gasteiger partial charge in [0, 0.05) is 12.7 Å². The van der Waals surface area contributed by atoms with E-state index in [4.69, 9.17) is 0 Å². The van der Waals surface area contributed by atoms with Crippen molar-refractivity contribution >= 4 is 17.6 Å². The van der Waals surface area contributed by atoms with Gasteiger partial charge in [-0.05, 0) is 17.7 Å². The Balaban J connectivity index is 1.79. The van der Waals surface area contributed by atoms with E-state index in [1.807, 2.05) is 42.5 Å². The quantitative estimate of drug-likeness (QED) is 0.846. The third kappa shape index (κ3) is 1.89. The third-order valence-corrected chi connectivity index (χ3v) is 3.78. The molecule has 0 fully saturated rings. The van der Waals surface area contributed by atoms with Crippen molar-refractivity contribution in [2.75, 3.05) is 18.0 Å². The Labute approximate surface area is 122 Å². The van der Waals surface area contributed by atoms with E-state index in [9.17, 15) is 4.79 Å². The highest BCUT2D eigenvalue weighted by molar-refractivity contribution is 6.18. The molecule has 2 amide bonds. The van der Waals surface area contributed by atoms with Crippen molar-refractivity contribution < 1.29 is 4.79 Å². The van der Waals surface area contributed by atoms with Gasteiger partial charge in [0.25, 0.3) is 0 Å². The molecule has 0 aliphatic carbocycles. The first kappa shape index (κ1) is 12.1. The first-order chi connectivity index (χ1) is 10.3. The van der Waals surface area contributed by atoms with Crippen LogP contribution in [0, 0.1) is 0 Å². The molecule has 5 nitrogen and oxygen atoms in total. The van der Waals surface area contributed by atoms with E-state index < -0.39 is 0 Å². The van der Waals surface area contributed by atoms with Gasteiger partial charge in [0.05, 0.1) is 18.8 Å². The zero-order valence-corrected chi connectivity index (χ0v) is 11.4. The van der Waals surface area contributed by atoms with Crippen LogP contribution in [0.3, 0.4) is 0 Å². The zero-order valence-electron chi connectivity index (χ0n) is 11.4. The number of amidine groups is 1. The van der Waals surface area contributed by atoms with Gasteiger partial charge in [-0.15, -0.1) is 0 Å². The van der Waals surface area contributed by atoms with Crippen molar-refractivity contribution in [3.8, 4) is 0 Å². The number of hydrogen-bond acceptors (Lipinski definition) is 3. The molecule has 2 aliphatic rings. The van der Waals surface area contributed by atoms with Crippen LogP contribution in [-0.4, -0.2) is 34.8 Å². The molecule has 0 radical (unpaired) electrons. The topological polar surface area (TPSA) is 48.8 Å². The number of carbonyl (C=O) groups is 1. The molecule has 0 bridgehead atoms. The monoisotopic (exact) mass is 278 g/mol. The van der Waals surface area contributed by atoms with Gasteiger partial charge in [-0.3, -0.25) is 19.8 Å².